The molecule has 1 aromatic heterocycles. The van der Waals surface area contributed by atoms with Gasteiger partial charge in [-0.3, -0.25) is 0 Å². The van der Waals surface area contributed by atoms with E-state index in [0.717, 1.165) is 63.8 Å². The number of hydrogen-bond donors (Lipinski definition) is 0. The number of allylic oxidation sites excluding steroid dienone is 6. The largest absolute Gasteiger partial charge is 0.489 e. The third kappa shape index (κ3) is 8.08. The summed E-state index contributed by atoms with van der Waals surface area (Å²) in [6.45, 7) is 9.90. The van der Waals surface area contributed by atoms with Gasteiger partial charge in [0.05, 0.1) is 5.69 Å². The second kappa shape index (κ2) is 13.8. The molecule has 0 fully saturated rings. The van der Waals surface area contributed by atoms with Crippen molar-refractivity contribution in [3.05, 3.63) is 124 Å². The van der Waals surface area contributed by atoms with Gasteiger partial charge in [-0.25, -0.2) is 4.98 Å². The molecule has 0 N–H and O–H groups in total. The molecule has 1 heterocycles. The van der Waals surface area contributed by atoms with Gasteiger partial charge >= 0.3 is 0 Å². The van der Waals surface area contributed by atoms with Crippen LogP contribution >= 0.6 is 11.6 Å². The van der Waals surface area contributed by atoms with Gasteiger partial charge in [0.25, 0.3) is 0 Å². The van der Waals surface area contributed by atoms with Crippen molar-refractivity contribution in [1.29, 1.82) is 0 Å². The molecule has 0 aliphatic rings. The monoisotopic (exact) mass is 536 g/mol. The summed E-state index contributed by atoms with van der Waals surface area (Å²) in [5.74, 6) is 1.83. The van der Waals surface area contributed by atoms with Crippen molar-refractivity contribution in [2.75, 3.05) is 0 Å². The molecular weight excluding hydrogens is 500 g/mol. The van der Waals surface area contributed by atoms with Gasteiger partial charge in [0, 0.05) is 17.8 Å². The van der Waals surface area contributed by atoms with Crippen LogP contribution < -0.4 is 4.74 Å². The zero-order valence-corrected chi connectivity index (χ0v) is 24.1. The normalized spacial score (nSPS) is 12.3. The summed E-state index contributed by atoms with van der Waals surface area (Å²) in [4.78, 5) is 4.98. The van der Waals surface area contributed by atoms with E-state index in [1.807, 2.05) is 50.3 Å². The van der Waals surface area contributed by atoms with Crippen LogP contribution in [0.1, 0.15) is 63.2 Å². The third-order valence-corrected chi connectivity index (χ3v) is 6.60. The van der Waals surface area contributed by atoms with Crippen molar-refractivity contribution in [3.63, 3.8) is 0 Å². The minimum Gasteiger partial charge on any atom is -0.489 e. The molecule has 4 heteroatoms. The summed E-state index contributed by atoms with van der Waals surface area (Å²) in [7, 11) is 0. The topological polar surface area (TPSA) is 27.1 Å². The molecule has 0 bridgehead atoms. The van der Waals surface area contributed by atoms with Crippen molar-refractivity contribution >= 4 is 40.1 Å². The van der Waals surface area contributed by atoms with Crippen LogP contribution in [0.4, 0.5) is 0 Å². The Morgan fingerprint density at radius 3 is 2.44 bits per heavy atom. The van der Waals surface area contributed by atoms with E-state index in [4.69, 9.17) is 21.3 Å². The predicted octanol–water partition coefficient (Wildman–Crippen LogP) is 10.1. The van der Waals surface area contributed by atoms with Gasteiger partial charge in [-0.05, 0) is 90.6 Å². The first kappa shape index (κ1) is 28.2. The van der Waals surface area contributed by atoms with Crippen LogP contribution in [0.2, 0.25) is 0 Å². The number of ether oxygens (including phenoxy) is 1. The number of nitrogens with zero attached hydrogens (tertiary/aromatic N) is 2. The number of aromatic nitrogens is 2. The molecule has 0 amide bonds. The molecule has 0 radical (unpaired) electrons. The minimum atomic E-state index is 0.563. The number of benzene rings is 3. The van der Waals surface area contributed by atoms with E-state index in [0.29, 0.717) is 6.61 Å². The summed E-state index contributed by atoms with van der Waals surface area (Å²) < 4.78 is 8.24. The summed E-state index contributed by atoms with van der Waals surface area (Å²) in [6.07, 6.45) is 14.3. The molecular formula is C35H37ClN2O. The Morgan fingerprint density at radius 1 is 0.923 bits per heavy atom. The molecule has 3 aromatic carbocycles. The number of imidazole rings is 1. The SMILES string of the molecule is CCCn1cc(/C(=C/C=C(/Cl)C=C(C)C)CC)nc1/C=C/c1ccc2cc(OCc3ccccc3)ccc2c1. The van der Waals surface area contributed by atoms with Crippen LogP contribution in [0.5, 0.6) is 5.75 Å². The zero-order valence-electron chi connectivity index (χ0n) is 23.3. The van der Waals surface area contributed by atoms with Gasteiger partial charge in [-0.2, -0.15) is 0 Å². The van der Waals surface area contributed by atoms with E-state index in [2.05, 4.69) is 85.3 Å². The highest BCUT2D eigenvalue weighted by molar-refractivity contribution is 6.31. The smallest absolute Gasteiger partial charge is 0.133 e. The molecule has 0 saturated carbocycles. The predicted molar refractivity (Wildman–Crippen MR) is 168 cm³/mol. The first-order chi connectivity index (χ1) is 18.9. The third-order valence-electron chi connectivity index (χ3n) is 6.36. The quantitative estimate of drug-likeness (QED) is 0.178. The summed E-state index contributed by atoms with van der Waals surface area (Å²) >= 11 is 6.36. The summed E-state index contributed by atoms with van der Waals surface area (Å²) in [5, 5.41) is 3.06. The maximum atomic E-state index is 6.36. The maximum Gasteiger partial charge on any atom is 0.133 e. The van der Waals surface area contributed by atoms with Crippen LogP contribution in [-0.4, -0.2) is 9.55 Å². The number of fused-ring (bicyclic) bond motifs is 1. The lowest BCUT2D eigenvalue weighted by Crippen LogP contribution is -1.97. The highest BCUT2D eigenvalue weighted by Crippen LogP contribution is 2.25. The summed E-state index contributed by atoms with van der Waals surface area (Å²) in [5.41, 5.74) is 5.62. The molecule has 0 saturated heterocycles. The van der Waals surface area contributed by atoms with Crippen molar-refractivity contribution in [3.8, 4) is 5.75 Å². The van der Waals surface area contributed by atoms with Gasteiger partial charge in [0.2, 0.25) is 0 Å². The standard InChI is InChI=1S/C35H37ClN2O/c1-5-20-38-24-34(29(6-2)15-17-32(36)21-26(3)4)37-35(38)19-13-27-12-14-31-23-33(18-16-30(31)22-27)39-25-28-10-8-7-9-11-28/h7-19,21-24H,5-6,20,25H2,1-4H3/b19-13+,29-15+,32-17+. The van der Waals surface area contributed by atoms with Crippen LogP contribution in [0.15, 0.2) is 102 Å². The van der Waals surface area contributed by atoms with E-state index in [1.54, 1.807) is 0 Å². The van der Waals surface area contributed by atoms with E-state index in [1.165, 1.54) is 11.0 Å². The molecule has 0 spiro atoms. The fourth-order valence-corrected chi connectivity index (χ4v) is 4.66. The number of aryl methyl sites for hydroxylation is 1. The second-order valence-corrected chi connectivity index (χ2v) is 10.3. The molecule has 4 rings (SSSR count). The zero-order chi connectivity index (χ0) is 27.6. The van der Waals surface area contributed by atoms with Crippen molar-refractivity contribution in [2.45, 2.75) is 53.7 Å². The van der Waals surface area contributed by atoms with Crippen molar-refractivity contribution < 1.29 is 4.74 Å². The van der Waals surface area contributed by atoms with E-state index in [-0.39, 0.29) is 0 Å². The Hall–Kier alpha value is -3.82. The Kier molecular flexibility index (Phi) is 9.99. The first-order valence-corrected chi connectivity index (χ1v) is 14.0. The van der Waals surface area contributed by atoms with Crippen LogP contribution in [0.3, 0.4) is 0 Å². The second-order valence-electron chi connectivity index (χ2n) is 9.87. The molecule has 4 aromatic rings. The Balaban J connectivity index is 1.53. The number of halogens is 1. The number of hydrogen-bond acceptors (Lipinski definition) is 2. The molecule has 200 valence electrons. The molecule has 0 aliphatic heterocycles. The molecule has 3 nitrogen and oxygen atoms in total. The molecule has 0 aliphatic carbocycles. The first-order valence-electron chi connectivity index (χ1n) is 13.6. The Labute approximate surface area is 237 Å². The van der Waals surface area contributed by atoms with Gasteiger partial charge in [-0.1, -0.05) is 91.7 Å². The average molecular weight is 537 g/mol. The lowest BCUT2D eigenvalue weighted by molar-refractivity contribution is 0.306. The highest BCUT2D eigenvalue weighted by atomic mass is 35.5. The van der Waals surface area contributed by atoms with Crippen LogP contribution in [-0.2, 0) is 13.2 Å². The van der Waals surface area contributed by atoms with Gasteiger partial charge in [0.1, 0.15) is 18.2 Å². The van der Waals surface area contributed by atoms with Crippen molar-refractivity contribution in [2.24, 2.45) is 0 Å². The molecule has 0 unspecified atom stereocenters. The molecule has 0 atom stereocenters. The maximum absolute atomic E-state index is 6.36. The number of rotatable bonds is 11. The van der Waals surface area contributed by atoms with Gasteiger partial charge < -0.3 is 9.30 Å². The van der Waals surface area contributed by atoms with E-state index < -0.39 is 0 Å². The van der Waals surface area contributed by atoms with Crippen LogP contribution in [0, 0.1) is 0 Å². The van der Waals surface area contributed by atoms with Gasteiger partial charge in [-0.15, -0.1) is 0 Å². The summed E-state index contributed by atoms with van der Waals surface area (Å²) in [6, 6.07) is 23.0. The Bertz CT molecular complexity index is 1520. The fourth-order valence-electron chi connectivity index (χ4n) is 4.37. The Morgan fingerprint density at radius 2 is 1.69 bits per heavy atom. The van der Waals surface area contributed by atoms with E-state index in [9.17, 15) is 0 Å². The van der Waals surface area contributed by atoms with Crippen molar-refractivity contribution in [1.82, 2.24) is 9.55 Å². The fraction of sp³-hybridized carbons (Fsp3) is 0.229. The lowest BCUT2D eigenvalue weighted by Gasteiger charge is -2.08. The minimum absolute atomic E-state index is 0.563. The molecule has 39 heavy (non-hydrogen) atoms. The highest BCUT2D eigenvalue weighted by Gasteiger charge is 2.09. The average Bonchev–Trinajstić information content (AvgIpc) is 3.33. The van der Waals surface area contributed by atoms with Gasteiger partial charge in [0.15, 0.2) is 0 Å². The lowest BCUT2D eigenvalue weighted by atomic mass is 10.1. The van der Waals surface area contributed by atoms with E-state index >= 15 is 0 Å². The van der Waals surface area contributed by atoms with Crippen LogP contribution in [0.25, 0.3) is 28.5 Å².